The Morgan fingerprint density at radius 3 is 2.45 bits per heavy atom. The van der Waals surface area contributed by atoms with Crippen LogP contribution in [0.3, 0.4) is 0 Å². The van der Waals surface area contributed by atoms with Crippen LogP contribution >= 0.6 is 0 Å². The molecule has 40 heavy (non-hydrogen) atoms. The Kier molecular flexibility index (Phi) is 9.21. The number of carbonyl (C=O) groups is 1. The number of nitrogens with zero attached hydrogens (tertiary/aromatic N) is 2. The number of likely N-dealkylation sites (tertiary alicyclic amines) is 1. The fraction of sp³-hybridized carbons (Fsp3) is 0.629. The molecule has 3 fully saturated rings. The van der Waals surface area contributed by atoms with E-state index in [9.17, 15) is 9.90 Å². The van der Waals surface area contributed by atoms with Gasteiger partial charge in [0.05, 0.1) is 5.41 Å². The molecule has 3 aliphatic carbocycles. The number of fused-ring (bicyclic) bond motifs is 1. The van der Waals surface area contributed by atoms with Gasteiger partial charge in [-0.1, -0.05) is 75.9 Å². The molecule has 0 spiro atoms. The van der Waals surface area contributed by atoms with Gasteiger partial charge in [-0.3, -0.25) is 4.79 Å². The van der Waals surface area contributed by atoms with Crippen molar-refractivity contribution >= 4 is 5.97 Å². The first-order chi connectivity index (χ1) is 19.4. The quantitative estimate of drug-likeness (QED) is 0.404. The number of ether oxygens (including phenoxy) is 1. The highest BCUT2D eigenvalue weighted by Gasteiger charge is 2.53. The van der Waals surface area contributed by atoms with Crippen molar-refractivity contribution < 1.29 is 14.6 Å². The Morgan fingerprint density at radius 1 is 1.00 bits per heavy atom. The van der Waals surface area contributed by atoms with Gasteiger partial charge in [0, 0.05) is 18.0 Å². The molecule has 2 saturated carbocycles. The van der Waals surface area contributed by atoms with Crippen molar-refractivity contribution in [2.24, 2.45) is 5.92 Å². The molecule has 218 valence electrons. The lowest BCUT2D eigenvalue weighted by atomic mass is 9.52. The van der Waals surface area contributed by atoms with Crippen molar-refractivity contribution in [2.45, 2.75) is 94.9 Å². The fourth-order valence-corrected chi connectivity index (χ4v) is 8.48. The van der Waals surface area contributed by atoms with Crippen molar-refractivity contribution in [3.8, 4) is 5.75 Å². The van der Waals surface area contributed by atoms with Crippen LogP contribution in [-0.4, -0.2) is 66.8 Å². The largest absolute Gasteiger partial charge is 0.508 e. The molecule has 0 unspecified atom stereocenters. The molecule has 5 nitrogen and oxygen atoms in total. The standard InChI is InChI=1S/C18H27NO2.C17H23NO/c1-3-19(4-2)14-15-21-17(20)18(12-8-9-13-18)16-10-6-5-7-11-16;1-18-9-8-17-7-3-2-4-14(17)16(18)10-12-5-6-13(19)11-15(12)17/h5-7,10-11H,3-4,8-9,12-15H2,1-2H3;5-6,11,14,16,19H,2-4,7-10H2,1H3/t;14-,16+,17+/m.1/s1. The zero-order chi connectivity index (χ0) is 28.2. The van der Waals surface area contributed by atoms with E-state index in [4.69, 9.17) is 4.74 Å². The number of esters is 1. The van der Waals surface area contributed by atoms with Gasteiger partial charge in [0.1, 0.15) is 12.4 Å². The van der Waals surface area contributed by atoms with Crippen LogP contribution in [0.25, 0.3) is 0 Å². The third-order valence-corrected chi connectivity index (χ3v) is 10.8. The van der Waals surface area contributed by atoms with Crippen molar-refractivity contribution in [1.29, 1.82) is 0 Å². The van der Waals surface area contributed by atoms with Crippen LogP contribution in [0.4, 0.5) is 0 Å². The SMILES string of the molecule is CCN(CC)CCOC(=O)C1(c2ccccc2)CCCC1.CN1CC[C@@]23CCCC[C@@H]2[C@@H]1Cc1ccc(O)cc13. The summed E-state index contributed by atoms with van der Waals surface area (Å²) in [5, 5.41) is 9.91. The normalized spacial score (nSPS) is 26.8. The summed E-state index contributed by atoms with van der Waals surface area (Å²) in [4.78, 5) is 17.5. The highest BCUT2D eigenvalue weighted by molar-refractivity contribution is 5.83. The maximum atomic E-state index is 12.7. The summed E-state index contributed by atoms with van der Waals surface area (Å²) in [7, 11) is 2.30. The zero-order valence-corrected chi connectivity index (χ0v) is 25.0. The summed E-state index contributed by atoms with van der Waals surface area (Å²) in [5.41, 5.74) is 4.08. The van der Waals surface area contributed by atoms with Crippen LogP contribution in [0.15, 0.2) is 48.5 Å². The maximum Gasteiger partial charge on any atom is 0.316 e. The minimum Gasteiger partial charge on any atom is -0.508 e. The lowest BCUT2D eigenvalue weighted by Gasteiger charge is -2.58. The van der Waals surface area contributed by atoms with Gasteiger partial charge < -0.3 is 19.6 Å². The van der Waals surface area contributed by atoms with Gasteiger partial charge in [-0.2, -0.15) is 0 Å². The molecule has 1 heterocycles. The van der Waals surface area contributed by atoms with E-state index in [1.807, 2.05) is 24.3 Å². The number of carbonyl (C=O) groups excluding carboxylic acids is 1. The van der Waals surface area contributed by atoms with Crippen molar-refractivity contribution in [1.82, 2.24) is 9.80 Å². The monoisotopic (exact) mass is 546 g/mol. The average molecular weight is 547 g/mol. The Bertz CT molecular complexity index is 1120. The molecule has 1 aliphatic heterocycles. The van der Waals surface area contributed by atoms with E-state index in [0.29, 0.717) is 17.8 Å². The molecular formula is C35H50N2O3. The lowest BCUT2D eigenvalue weighted by molar-refractivity contribution is -0.151. The van der Waals surface area contributed by atoms with Crippen molar-refractivity contribution in [3.63, 3.8) is 0 Å². The highest BCUT2D eigenvalue weighted by Crippen LogP contribution is 2.55. The van der Waals surface area contributed by atoms with Gasteiger partial charge in [0.25, 0.3) is 0 Å². The van der Waals surface area contributed by atoms with E-state index in [2.05, 4.69) is 55.0 Å². The predicted octanol–water partition coefficient (Wildman–Crippen LogP) is 6.46. The molecular weight excluding hydrogens is 496 g/mol. The Labute approximate surface area is 241 Å². The predicted molar refractivity (Wildman–Crippen MR) is 162 cm³/mol. The van der Waals surface area contributed by atoms with Crippen LogP contribution in [0, 0.1) is 5.92 Å². The van der Waals surface area contributed by atoms with E-state index < -0.39 is 5.41 Å². The van der Waals surface area contributed by atoms with E-state index in [1.165, 1.54) is 56.2 Å². The van der Waals surface area contributed by atoms with Gasteiger partial charge in [-0.15, -0.1) is 0 Å². The third-order valence-electron chi connectivity index (χ3n) is 10.8. The Balaban J connectivity index is 0.000000162. The molecule has 2 aromatic carbocycles. The molecule has 1 N–H and O–H groups in total. The molecule has 2 aromatic rings. The minimum atomic E-state index is -0.398. The summed E-state index contributed by atoms with van der Waals surface area (Å²) in [6.07, 6.45) is 12.0. The van der Waals surface area contributed by atoms with E-state index in [1.54, 1.807) is 0 Å². The topological polar surface area (TPSA) is 53.0 Å². The number of hydrogen-bond donors (Lipinski definition) is 1. The smallest absolute Gasteiger partial charge is 0.316 e. The molecule has 4 aliphatic rings. The maximum absolute atomic E-state index is 12.7. The average Bonchev–Trinajstić information content (AvgIpc) is 3.50. The molecule has 5 heteroatoms. The highest BCUT2D eigenvalue weighted by atomic mass is 16.5. The van der Waals surface area contributed by atoms with E-state index in [-0.39, 0.29) is 5.97 Å². The Morgan fingerprint density at radius 2 is 1.73 bits per heavy atom. The fourth-order valence-electron chi connectivity index (χ4n) is 8.48. The Hall–Kier alpha value is -2.37. The van der Waals surface area contributed by atoms with Crippen molar-refractivity contribution in [2.75, 3.05) is 39.8 Å². The van der Waals surface area contributed by atoms with Gasteiger partial charge in [0.2, 0.25) is 0 Å². The lowest BCUT2D eigenvalue weighted by Crippen LogP contribution is -2.59. The first-order valence-electron chi connectivity index (χ1n) is 15.9. The number of aromatic hydroxyl groups is 1. The number of hydrogen-bond acceptors (Lipinski definition) is 5. The van der Waals surface area contributed by atoms with Gasteiger partial charge in [-0.25, -0.2) is 0 Å². The summed E-state index contributed by atoms with van der Waals surface area (Å²) < 4.78 is 5.64. The molecule has 6 rings (SSSR count). The summed E-state index contributed by atoms with van der Waals surface area (Å²) in [5.74, 6) is 1.24. The number of rotatable bonds is 7. The van der Waals surface area contributed by atoms with Crippen LogP contribution in [0.2, 0.25) is 0 Å². The van der Waals surface area contributed by atoms with Gasteiger partial charge in [-0.05, 0) is 99.9 Å². The third kappa shape index (κ3) is 5.56. The number of likely N-dealkylation sites (N-methyl/N-ethyl adjacent to an activating group) is 2. The van der Waals surface area contributed by atoms with E-state index in [0.717, 1.165) is 62.8 Å². The van der Waals surface area contributed by atoms with Crippen LogP contribution in [0.5, 0.6) is 5.75 Å². The second kappa shape index (κ2) is 12.7. The van der Waals surface area contributed by atoms with Crippen molar-refractivity contribution in [3.05, 3.63) is 65.2 Å². The first kappa shape index (κ1) is 29.1. The number of phenols is 1. The summed E-state index contributed by atoms with van der Waals surface area (Å²) in [6, 6.07) is 17.0. The second-order valence-electron chi connectivity index (χ2n) is 12.7. The molecule has 0 amide bonds. The van der Waals surface area contributed by atoms with Gasteiger partial charge in [0.15, 0.2) is 0 Å². The molecule has 2 bridgehead atoms. The van der Waals surface area contributed by atoms with Crippen LogP contribution < -0.4 is 0 Å². The number of benzene rings is 2. The van der Waals surface area contributed by atoms with Crippen LogP contribution in [0.1, 0.15) is 88.3 Å². The molecule has 1 saturated heterocycles. The molecule has 0 aromatic heterocycles. The first-order valence-corrected chi connectivity index (χ1v) is 15.9. The minimum absolute atomic E-state index is 0.0293. The zero-order valence-electron chi connectivity index (χ0n) is 25.0. The molecule has 0 radical (unpaired) electrons. The second-order valence-corrected chi connectivity index (χ2v) is 12.7. The van der Waals surface area contributed by atoms with Gasteiger partial charge >= 0.3 is 5.97 Å². The number of piperidine rings is 1. The number of phenolic OH excluding ortho intramolecular Hbond substituents is 1. The van der Waals surface area contributed by atoms with E-state index >= 15 is 0 Å². The summed E-state index contributed by atoms with van der Waals surface area (Å²) >= 11 is 0. The van der Waals surface area contributed by atoms with Crippen LogP contribution in [-0.2, 0) is 26.8 Å². The summed E-state index contributed by atoms with van der Waals surface area (Å²) in [6.45, 7) is 8.80. The molecule has 3 atom stereocenters.